The molecule has 0 radical (unpaired) electrons. The molecule has 0 aromatic heterocycles. The molecule has 2 amide bonds. The van der Waals surface area contributed by atoms with Gasteiger partial charge in [0, 0.05) is 31.7 Å². The number of nitrogens with one attached hydrogen (secondary N) is 2. The van der Waals surface area contributed by atoms with E-state index >= 15 is 0 Å². The molecule has 0 bridgehead atoms. The van der Waals surface area contributed by atoms with Crippen LogP contribution in [0, 0.1) is 11.8 Å². The highest BCUT2D eigenvalue weighted by atomic mass is 127. The Labute approximate surface area is 272 Å². The smallest absolute Gasteiger partial charge is 0.326 e. The molecule has 10 heteroatoms. The average Bonchev–Trinajstić information content (AvgIpc) is 2.97. The first kappa shape index (κ1) is 39.3. The number of amides is 2. The summed E-state index contributed by atoms with van der Waals surface area (Å²) in [6, 6.07) is -1.03. The lowest BCUT2D eigenvalue weighted by molar-refractivity contribution is -0.143. The molecule has 0 heterocycles. The van der Waals surface area contributed by atoms with Crippen molar-refractivity contribution in [3.8, 4) is 0 Å². The number of halogens is 1. The maximum absolute atomic E-state index is 12.5. The molecule has 0 spiro atoms. The van der Waals surface area contributed by atoms with Crippen LogP contribution in [0.25, 0.3) is 0 Å². The largest absolute Gasteiger partial charge is 0.481 e. The third-order valence-electron chi connectivity index (χ3n) is 8.59. The second-order valence-electron chi connectivity index (χ2n) is 12.4. The molecule has 248 valence electrons. The van der Waals surface area contributed by atoms with Gasteiger partial charge in [-0.3, -0.25) is 19.2 Å². The predicted molar refractivity (Wildman–Crippen MR) is 177 cm³/mol. The number of carbonyl (C=O) groups is 5. The van der Waals surface area contributed by atoms with Gasteiger partial charge >= 0.3 is 11.9 Å². The molecule has 1 aliphatic carbocycles. The van der Waals surface area contributed by atoms with Gasteiger partial charge in [-0.1, -0.05) is 89.9 Å². The lowest BCUT2D eigenvalue weighted by Gasteiger charge is -2.28. The van der Waals surface area contributed by atoms with Gasteiger partial charge in [-0.05, 0) is 73.5 Å². The van der Waals surface area contributed by atoms with Crippen LogP contribution >= 0.6 is 22.6 Å². The van der Waals surface area contributed by atoms with E-state index in [0.717, 1.165) is 44.9 Å². The first-order chi connectivity index (χ1) is 20.7. The number of rotatable bonds is 27. The Balaban J connectivity index is 1.93. The molecule has 1 saturated carbocycles. The summed E-state index contributed by atoms with van der Waals surface area (Å²) in [5.41, 5.74) is 0. The van der Waals surface area contributed by atoms with Gasteiger partial charge in [-0.25, -0.2) is 4.79 Å². The summed E-state index contributed by atoms with van der Waals surface area (Å²) in [4.78, 5) is 57.8. The zero-order valence-electron chi connectivity index (χ0n) is 26.2. The topological polar surface area (TPSA) is 150 Å². The van der Waals surface area contributed by atoms with E-state index in [9.17, 15) is 29.1 Å². The van der Waals surface area contributed by atoms with E-state index in [1.807, 2.05) is 0 Å². The molecule has 4 N–H and O–H groups in total. The summed E-state index contributed by atoms with van der Waals surface area (Å²) in [5, 5.41) is 23.6. The molecule has 43 heavy (non-hydrogen) atoms. The van der Waals surface area contributed by atoms with Crippen LogP contribution in [0.3, 0.4) is 0 Å². The summed E-state index contributed by atoms with van der Waals surface area (Å²) in [5.74, 6) is -1.81. The van der Waals surface area contributed by atoms with Crippen molar-refractivity contribution in [1.82, 2.24) is 10.6 Å². The average molecular weight is 721 g/mol. The van der Waals surface area contributed by atoms with Gasteiger partial charge in [0.25, 0.3) is 0 Å². The van der Waals surface area contributed by atoms with E-state index in [4.69, 9.17) is 5.11 Å². The van der Waals surface area contributed by atoms with Crippen molar-refractivity contribution in [2.75, 3.05) is 6.54 Å². The molecule has 1 fully saturated rings. The van der Waals surface area contributed by atoms with Crippen LogP contribution in [0.4, 0.5) is 0 Å². The van der Waals surface area contributed by atoms with Crippen molar-refractivity contribution in [2.45, 2.75) is 160 Å². The summed E-state index contributed by atoms with van der Waals surface area (Å²) in [6.45, 7) is 0.636. The summed E-state index contributed by atoms with van der Waals surface area (Å²) in [7, 11) is 0. The van der Waals surface area contributed by atoms with Gasteiger partial charge in [0.15, 0.2) is 3.79 Å². The van der Waals surface area contributed by atoms with Crippen LogP contribution in [0.2, 0.25) is 0 Å². The molecule has 0 aliphatic heterocycles. The quantitative estimate of drug-likeness (QED) is 0.0395. The number of carbonyl (C=O) groups excluding carboxylic acids is 3. The van der Waals surface area contributed by atoms with Crippen LogP contribution < -0.4 is 10.6 Å². The molecule has 1 atom stereocenters. The van der Waals surface area contributed by atoms with Crippen molar-refractivity contribution in [1.29, 1.82) is 0 Å². The van der Waals surface area contributed by atoms with Gasteiger partial charge in [-0.2, -0.15) is 0 Å². The monoisotopic (exact) mass is 720 g/mol. The molecule has 0 aromatic rings. The standard InChI is InChI=1S/C33H57IN2O7/c34-29(37)24-23-28(33(42)43)36-32(41)27-21-19-26(20-22-27)25-35-30(38)17-15-13-11-9-7-5-3-1-2-4-6-8-10-12-14-16-18-31(39)40/h26-28H,1-25H2,(H,35,38)(H,36,41)(H,39,40)(H,42,43)/t26?,27?,28-/m0/s1. The zero-order chi connectivity index (χ0) is 31.7. The van der Waals surface area contributed by atoms with Gasteiger partial charge in [0.2, 0.25) is 11.8 Å². The number of carboxylic acids is 2. The normalized spacial score (nSPS) is 17.2. The Morgan fingerprint density at radius 3 is 1.49 bits per heavy atom. The van der Waals surface area contributed by atoms with Crippen molar-refractivity contribution in [3.05, 3.63) is 0 Å². The number of hydrogen-bond donors (Lipinski definition) is 4. The van der Waals surface area contributed by atoms with Crippen molar-refractivity contribution in [3.63, 3.8) is 0 Å². The van der Waals surface area contributed by atoms with Crippen LogP contribution in [0.15, 0.2) is 0 Å². The highest BCUT2D eigenvalue weighted by molar-refractivity contribution is 14.1. The maximum atomic E-state index is 12.5. The van der Waals surface area contributed by atoms with Crippen molar-refractivity contribution >= 4 is 50.1 Å². The van der Waals surface area contributed by atoms with E-state index in [0.29, 0.717) is 38.1 Å². The molecule has 9 nitrogen and oxygen atoms in total. The summed E-state index contributed by atoms with van der Waals surface area (Å²) in [6.07, 6.45) is 23.2. The molecule has 1 rings (SSSR count). The minimum atomic E-state index is -1.11. The SMILES string of the molecule is O=C(O)CCCCCCCCCCCCCCCCCCC(=O)NCC1CCC(C(=O)N[C@@H](CCC(=O)I)C(=O)O)CC1. The third kappa shape index (κ3) is 22.4. The Hall–Kier alpha value is -1.72. The number of carboxylic acid groups (broad SMARTS) is 2. The molecular formula is C33H57IN2O7. The number of hydrogen-bond acceptors (Lipinski definition) is 5. The van der Waals surface area contributed by atoms with Crippen LogP contribution in [-0.2, 0) is 24.0 Å². The lowest BCUT2D eigenvalue weighted by atomic mass is 9.81. The Bertz CT molecular complexity index is 815. The van der Waals surface area contributed by atoms with Gasteiger partial charge < -0.3 is 20.8 Å². The van der Waals surface area contributed by atoms with Gasteiger partial charge in [0.05, 0.1) is 0 Å². The second kappa shape index (κ2) is 25.6. The van der Waals surface area contributed by atoms with Crippen molar-refractivity contribution in [2.24, 2.45) is 11.8 Å². The predicted octanol–water partition coefficient (Wildman–Crippen LogP) is 7.33. The van der Waals surface area contributed by atoms with E-state index in [2.05, 4.69) is 10.6 Å². The highest BCUT2D eigenvalue weighted by Crippen LogP contribution is 2.29. The van der Waals surface area contributed by atoms with Gasteiger partial charge in [0.1, 0.15) is 6.04 Å². The highest BCUT2D eigenvalue weighted by Gasteiger charge is 2.29. The van der Waals surface area contributed by atoms with E-state index in [1.165, 1.54) is 70.6 Å². The lowest BCUT2D eigenvalue weighted by Crippen LogP contribution is -2.44. The first-order valence-corrected chi connectivity index (χ1v) is 18.0. The van der Waals surface area contributed by atoms with Crippen LogP contribution in [-0.4, -0.2) is 50.3 Å². The van der Waals surface area contributed by atoms with Crippen molar-refractivity contribution < 1.29 is 34.2 Å². The molecule has 0 unspecified atom stereocenters. The Kier molecular flexibility index (Phi) is 23.4. The fourth-order valence-corrected chi connectivity index (χ4v) is 6.13. The minimum absolute atomic E-state index is 0.104. The Morgan fingerprint density at radius 1 is 0.628 bits per heavy atom. The molecular weight excluding hydrogens is 663 g/mol. The van der Waals surface area contributed by atoms with E-state index in [-0.39, 0.29) is 34.4 Å². The third-order valence-corrected chi connectivity index (χ3v) is 9.13. The Morgan fingerprint density at radius 2 is 1.07 bits per heavy atom. The number of aliphatic carboxylic acids is 2. The summed E-state index contributed by atoms with van der Waals surface area (Å²) < 4.78 is -0.124. The summed E-state index contributed by atoms with van der Waals surface area (Å²) >= 11 is 1.63. The second-order valence-corrected chi connectivity index (χ2v) is 13.6. The maximum Gasteiger partial charge on any atom is 0.326 e. The molecule has 0 saturated heterocycles. The zero-order valence-corrected chi connectivity index (χ0v) is 28.4. The van der Waals surface area contributed by atoms with Crippen LogP contribution in [0.1, 0.15) is 154 Å². The van der Waals surface area contributed by atoms with Gasteiger partial charge in [-0.15, -0.1) is 0 Å². The first-order valence-electron chi connectivity index (χ1n) is 16.9. The molecule has 0 aromatic carbocycles. The number of unbranched alkanes of at least 4 members (excludes halogenated alkanes) is 15. The fraction of sp³-hybridized carbons (Fsp3) is 0.848. The van der Waals surface area contributed by atoms with Crippen LogP contribution in [0.5, 0.6) is 0 Å². The molecule has 1 aliphatic rings. The van der Waals surface area contributed by atoms with E-state index in [1.54, 1.807) is 22.6 Å². The minimum Gasteiger partial charge on any atom is -0.481 e. The van der Waals surface area contributed by atoms with E-state index < -0.39 is 18.0 Å². The fourth-order valence-electron chi connectivity index (χ4n) is 5.82.